The number of anilines is 1. The molecule has 1 aromatic heterocycles. The van der Waals surface area contributed by atoms with Crippen molar-refractivity contribution in [1.82, 2.24) is 4.98 Å². The number of hydrogen-bond acceptors (Lipinski definition) is 5. The summed E-state index contributed by atoms with van der Waals surface area (Å²) in [4.78, 5) is 14.9. The van der Waals surface area contributed by atoms with E-state index in [1.807, 2.05) is 31.2 Å². The van der Waals surface area contributed by atoms with E-state index in [0.29, 0.717) is 18.0 Å². The number of benzene rings is 1. The lowest BCUT2D eigenvalue weighted by Crippen LogP contribution is -2.01. The molecule has 104 valence electrons. The van der Waals surface area contributed by atoms with Crippen LogP contribution in [0.1, 0.15) is 12.5 Å². The highest BCUT2D eigenvalue weighted by molar-refractivity contribution is 7.98. The quantitative estimate of drug-likeness (QED) is 0.499. The van der Waals surface area contributed by atoms with E-state index < -0.39 is 0 Å². The predicted molar refractivity (Wildman–Crippen MR) is 81.1 cm³/mol. The third kappa shape index (κ3) is 3.71. The van der Waals surface area contributed by atoms with E-state index in [9.17, 15) is 10.1 Å². The van der Waals surface area contributed by atoms with Crippen LogP contribution in [0.3, 0.4) is 0 Å². The van der Waals surface area contributed by atoms with E-state index >= 15 is 0 Å². The van der Waals surface area contributed by atoms with Gasteiger partial charge in [-0.1, -0.05) is 12.1 Å². The van der Waals surface area contributed by atoms with Crippen molar-refractivity contribution in [1.29, 1.82) is 0 Å². The minimum Gasteiger partial charge on any atom is -0.380 e. The van der Waals surface area contributed by atoms with Gasteiger partial charge in [-0.3, -0.25) is 10.1 Å². The molecule has 0 fully saturated rings. The molecular formula is C14H15N3O2S. The molecular weight excluding hydrogens is 274 g/mol. The summed E-state index contributed by atoms with van der Waals surface area (Å²) in [6, 6.07) is 11.0. The number of thioether (sulfide) groups is 1. The van der Waals surface area contributed by atoms with Crippen LogP contribution in [-0.4, -0.2) is 16.5 Å². The molecule has 0 saturated heterocycles. The highest BCUT2D eigenvalue weighted by atomic mass is 32.2. The molecule has 0 radical (unpaired) electrons. The van der Waals surface area contributed by atoms with Crippen molar-refractivity contribution >= 4 is 23.1 Å². The van der Waals surface area contributed by atoms with Crippen LogP contribution in [0.2, 0.25) is 0 Å². The van der Waals surface area contributed by atoms with Crippen LogP contribution in [0.5, 0.6) is 0 Å². The Morgan fingerprint density at radius 1 is 1.35 bits per heavy atom. The first kappa shape index (κ1) is 14.3. The number of nitrogens with one attached hydrogen (secondary N) is 1. The van der Waals surface area contributed by atoms with Gasteiger partial charge in [0, 0.05) is 24.6 Å². The highest BCUT2D eigenvalue weighted by Gasteiger charge is 2.14. The zero-order valence-corrected chi connectivity index (χ0v) is 11.9. The number of hydrogen-bond donors (Lipinski definition) is 1. The average Bonchev–Trinajstić information content (AvgIpc) is 2.47. The lowest BCUT2D eigenvalue weighted by molar-refractivity contribution is -0.384. The van der Waals surface area contributed by atoms with Gasteiger partial charge in [0.1, 0.15) is 5.69 Å². The molecule has 0 saturated carbocycles. The number of nitro groups is 1. The van der Waals surface area contributed by atoms with Gasteiger partial charge in [0.15, 0.2) is 0 Å². The number of nitro benzene ring substituents is 1. The van der Waals surface area contributed by atoms with Crippen LogP contribution in [0, 0.1) is 10.1 Å². The molecule has 1 heterocycles. The number of aromatic nitrogens is 1. The van der Waals surface area contributed by atoms with Crippen molar-refractivity contribution in [3.63, 3.8) is 0 Å². The van der Waals surface area contributed by atoms with Crippen LogP contribution in [0.15, 0.2) is 47.6 Å². The summed E-state index contributed by atoms with van der Waals surface area (Å²) < 4.78 is 0. The van der Waals surface area contributed by atoms with Gasteiger partial charge in [-0.05, 0) is 30.7 Å². The molecule has 1 N–H and O–H groups in total. The Bertz CT molecular complexity index is 590. The SMILES string of the molecule is CCNc1ccc(CSc2ccccn2)cc1[N+](=O)[O-]. The fourth-order valence-corrected chi connectivity index (χ4v) is 2.55. The molecule has 2 aromatic rings. The lowest BCUT2D eigenvalue weighted by atomic mass is 10.2. The van der Waals surface area contributed by atoms with Gasteiger partial charge in [-0.15, -0.1) is 11.8 Å². The van der Waals surface area contributed by atoms with Gasteiger partial charge in [0.05, 0.1) is 9.95 Å². The molecule has 0 spiro atoms. The average molecular weight is 289 g/mol. The second kappa shape index (κ2) is 6.91. The van der Waals surface area contributed by atoms with Crippen molar-refractivity contribution in [3.8, 4) is 0 Å². The third-order valence-corrected chi connectivity index (χ3v) is 3.67. The van der Waals surface area contributed by atoms with Crippen molar-refractivity contribution in [2.24, 2.45) is 0 Å². The van der Waals surface area contributed by atoms with E-state index in [1.165, 1.54) is 0 Å². The first-order valence-electron chi connectivity index (χ1n) is 6.25. The fourth-order valence-electron chi connectivity index (χ4n) is 1.75. The Labute approximate surface area is 121 Å². The number of nitrogens with zero attached hydrogens (tertiary/aromatic N) is 2. The topological polar surface area (TPSA) is 68.1 Å². The van der Waals surface area contributed by atoms with Crippen LogP contribution in [-0.2, 0) is 5.75 Å². The summed E-state index contributed by atoms with van der Waals surface area (Å²) in [6.45, 7) is 2.57. The van der Waals surface area contributed by atoms with E-state index in [1.54, 1.807) is 30.1 Å². The minimum atomic E-state index is -0.354. The summed E-state index contributed by atoms with van der Waals surface area (Å²) in [7, 11) is 0. The van der Waals surface area contributed by atoms with E-state index in [2.05, 4.69) is 10.3 Å². The first-order valence-corrected chi connectivity index (χ1v) is 7.24. The van der Waals surface area contributed by atoms with Gasteiger partial charge in [-0.25, -0.2) is 4.98 Å². The Balaban J connectivity index is 2.13. The van der Waals surface area contributed by atoms with Crippen molar-refractivity contribution in [3.05, 3.63) is 58.3 Å². The Hall–Kier alpha value is -2.08. The molecule has 1 aromatic carbocycles. The molecule has 6 heteroatoms. The molecule has 2 rings (SSSR count). The largest absolute Gasteiger partial charge is 0.380 e. The maximum absolute atomic E-state index is 11.1. The smallest absolute Gasteiger partial charge is 0.292 e. The van der Waals surface area contributed by atoms with Crippen LogP contribution in [0.4, 0.5) is 11.4 Å². The van der Waals surface area contributed by atoms with E-state index in [4.69, 9.17) is 0 Å². The maximum atomic E-state index is 11.1. The van der Waals surface area contributed by atoms with Gasteiger partial charge in [0.25, 0.3) is 5.69 Å². The number of rotatable bonds is 6. The summed E-state index contributed by atoms with van der Waals surface area (Å²) in [5.74, 6) is 0.657. The second-order valence-corrected chi connectivity index (χ2v) is 5.09. The summed E-state index contributed by atoms with van der Waals surface area (Å²) in [5, 5.41) is 15.0. The standard InChI is InChI=1S/C14H15N3O2S/c1-2-15-12-7-6-11(9-13(12)17(18)19)10-20-14-5-3-4-8-16-14/h3-9,15H,2,10H2,1H3. The van der Waals surface area contributed by atoms with Crippen LogP contribution >= 0.6 is 11.8 Å². The zero-order chi connectivity index (χ0) is 14.4. The van der Waals surface area contributed by atoms with Gasteiger partial charge in [-0.2, -0.15) is 0 Å². The molecule has 0 aliphatic carbocycles. The van der Waals surface area contributed by atoms with Gasteiger partial charge in [0.2, 0.25) is 0 Å². The Morgan fingerprint density at radius 3 is 2.85 bits per heavy atom. The molecule has 0 unspecified atom stereocenters. The van der Waals surface area contributed by atoms with Crippen molar-refractivity contribution in [2.75, 3.05) is 11.9 Å². The van der Waals surface area contributed by atoms with Crippen molar-refractivity contribution < 1.29 is 4.92 Å². The van der Waals surface area contributed by atoms with E-state index in [0.717, 1.165) is 10.6 Å². The fraction of sp³-hybridized carbons (Fsp3) is 0.214. The second-order valence-electron chi connectivity index (χ2n) is 4.10. The summed E-state index contributed by atoms with van der Waals surface area (Å²) in [6.07, 6.45) is 1.74. The summed E-state index contributed by atoms with van der Waals surface area (Å²) in [5.41, 5.74) is 1.59. The molecule has 20 heavy (non-hydrogen) atoms. The zero-order valence-electron chi connectivity index (χ0n) is 11.1. The third-order valence-electron chi connectivity index (χ3n) is 2.65. The monoisotopic (exact) mass is 289 g/mol. The van der Waals surface area contributed by atoms with Gasteiger partial charge >= 0.3 is 0 Å². The molecule has 0 aliphatic heterocycles. The predicted octanol–water partition coefficient (Wildman–Crippen LogP) is 3.71. The molecule has 0 bridgehead atoms. The molecule has 0 atom stereocenters. The molecule has 0 aliphatic rings. The Kier molecular flexibility index (Phi) is 4.95. The normalized spacial score (nSPS) is 10.2. The number of pyridine rings is 1. The molecule has 0 amide bonds. The first-order chi connectivity index (χ1) is 9.70. The lowest BCUT2D eigenvalue weighted by Gasteiger charge is -2.06. The van der Waals surface area contributed by atoms with Crippen LogP contribution in [0.25, 0.3) is 0 Å². The minimum absolute atomic E-state index is 0.117. The van der Waals surface area contributed by atoms with Crippen molar-refractivity contribution in [2.45, 2.75) is 17.7 Å². The van der Waals surface area contributed by atoms with E-state index in [-0.39, 0.29) is 10.6 Å². The van der Waals surface area contributed by atoms with Gasteiger partial charge < -0.3 is 5.32 Å². The highest BCUT2D eigenvalue weighted by Crippen LogP contribution is 2.28. The molecule has 5 nitrogen and oxygen atoms in total. The summed E-state index contributed by atoms with van der Waals surface area (Å²) >= 11 is 1.56. The Morgan fingerprint density at radius 2 is 2.20 bits per heavy atom. The van der Waals surface area contributed by atoms with Crippen LogP contribution < -0.4 is 5.32 Å². The maximum Gasteiger partial charge on any atom is 0.292 e.